The molecule has 0 bridgehead atoms. The van der Waals surface area contributed by atoms with Crippen molar-refractivity contribution in [2.24, 2.45) is 0 Å². The Kier molecular flexibility index (Phi) is 9.28. The van der Waals surface area contributed by atoms with Crippen LogP contribution in [0.25, 0.3) is 0 Å². The Hall–Kier alpha value is -0.970. The molecular weight excluding hydrogens is 327 g/mol. The van der Waals surface area contributed by atoms with Crippen LogP contribution in [-0.2, 0) is 14.3 Å². The number of carbonyl (C=O) groups is 1. The molecule has 0 N–H and O–H groups in total. The minimum absolute atomic E-state index is 0.271. The zero-order valence-corrected chi connectivity index (χ0v) is 14.5. The lowest BCUT2D eigenvalue weighted by Gasteiger charge is -2.14. The molecule has 1 aromatic carbocycles. The van der Waals surface area contributed by atoms with Gasteiger partial charge in [-0.05, 0) is 38.0 Å². The van der Waals surface area contributed by atoms with Gasteiger partial charge in [0.25, 0.3) is 0 Å². The lowest BCUT2D eigenvalue weighted by molar-refractivity contribution is -0.175. The van der Waals surface area contributed by atoms with E-state index in [4.69, 9.17) is 37.4 Å². The van der Waals surface area contributed by atoms with Gasteiger partial charge in [0, 0.05) is 11.4 Å². The maximum absolute atomic E-state index is 11.6. The smallest absolute Gasteiger partial charge is 0.308 e. The fourth-order valence-electron chi connectivity index (χ4n) is 1.66. The van der Waals surface area contributed by atoms with Gasteiger partial charge >= 0.3 is 5.97 Å². The lowest BCUT2D eigenvalue weighted by atomic mass is 10.3. The molecule has 0 radical (unpaired) electrons. The van der Waals surface area contributed by atoms with Crippen LogP contribution >= 0.6 is 23.2 Å². The molecule has 4 nitrogen and oxygen atoms in total. The minimum Gasteiger partial charge on any atom is -0.492 e. The highest BCUT2D eigenvalue weighted by molar-refractivity contribution is 6.35. The van der Waals surface area contributed by atoms with E-state index in [1.165, 1.54) is 0 Å². The van der Waals surface area contributed by atoms with Crippen LogP contribution in [0.4, 0.5) is 0 Å². The van der Waals surface area contributed by atoms with Crippen molar-refractivity contribution in [3.63, 3.8) is 0 Å². The highest BCUT2D eigenvalue weighted by atomic mass is 35.5. The number of hydrogen-bond acceptors (Lipinski definition) is 4. The Morgan fingerprint density at radius 3 is 2.68 bits per heavy atom. The number of benzene rings is 1. The molecule has 6 heteroatoms. The quantitative estimate of drug-likeness (QED) is 0.344. The number of esters is 1. The number of hydrogen-bond donors (Lipinski definition) is 0. The molecule has 0 fully saturated rings. The fraction of sp³-hybridized carbons (Fsp3) is 0.562. The van der Waals surface area contributed by atoms with Crippen LogP contribution in [0.3, 0.4) is 0 Å². The Morgan fingerprint density at radius 2 is 2.00 bits per heavy atom. The third-order valence-corrected chi connectivity index (χ3v) is 3.36. The first-order chi connectivity index (χ1) is 10.5. The molecule has 1 aromatic rings. The molecule has 124 valence electrons. The third kappa shape index (κ3) is 7.87. The fourth-order valence-corrected chi connectivity index (χ4v) is 2.13. The van der Waals surface area contributed by atoms with E-state index in [0.717, 1.165) is 12.8 Å². The average Bonchev–Trinajstić information content (AvgIpc) is 2.45. The summed E-state index contributed by atoms with van der Waals surface area (Å²) in [6, 6.07) is 5.01. The molecule has 0 heterocycles. The highest BCUT2D eigenvalue weighted by Gasteiger charge is 2.09. The summed E-state index contributed by atoms with van der Waals surface area (Å²) in [7, 11) is 0. The molecule has 1 atom stereocenters. The number of rotatable bonds is 10. The summed E-state index contributed by atoms with van der Waals surface area (Å²) in [4.78, 5) is 11.6. The molecule has 0 aliphatic carbocycles. The summed E-state index contributed by atoms with van der Waals surface area (Å²) >= 11 is 11.8. The summed E-state index contributed by atoms with van der Waals surface area (Å²) in [5, 5.41) is 1.01. The van der Waals surface area contributed by atoms with Gasteiger partial charge in [0.15, 0.2) is 6.29 Å². The van der Waals surface area contributed by atoms with Crippen LogP contribution in [0.2, 0.25) is 10.0 Å². The molecular formula is C16H22Cl2O4. The van der Waals surface area contributed by atoms with Gasteiger partial charge in [0.2, 0.25) is 0 Å². The molecule has 0 aromatic heterocycles. The van der Waals surface area contributed by atoms with Gasteiger partial charge in [-0.2, -0.15) is 0 Å². The van der Waals surface area contributed by atoms with Crippen LogP contribution in [0.1, 0.15) is 39.5 Å². The van der Waals surface area contributed by atoms with Gasteiger partial charge in [-0.25, -0.2) is 0 Å². The van der Waals surface area contributed by atoms with Crippen molar-refractivity contribution in [1.29, 1.82) is 0 Å². The molecule has 0 saturated heterocycles. The maximum Gasteiger partial charge on any atom is 0.308 e. The Labute approximate surface area is 141 Å². The molecule has 0 aliphatic rings. The Balaban J connectivity index is 2.17. The Morgan fingerprint density at radius 1 is 1.23 bits per heavy atom. The maximum atomic E-state index is 11.6. The average molecular weight is 349 g/mol. The molecule has 0 amide bonds. The first-order valence-electron chi connectivity index (χ1n) is 7.42. The molecule has 1 unspecified atom stereocenters. The van der Waals surface area contributed by atoms with E-state index < -0.39 is 6.29 Å². The van der Waals surface area contributed by atoms with Crippen LogP contribution in [0, 0.1) is 0 Å². The van der Waals surface area contributed by atoms with Crippen LogP contribution in [0.5, 0.6) is 5.75 Å². The first kappa shape index (κ1) is 19.1. The summed E-state index contributed by atoms with van der Waals surface area (Å²) in [5.74, 6) is 0.255. The summed E-state index contributed by atoms with van der Waals surface area (Å²) < 4.78 is 16.0. The second-order valence-corrected chi connectivity index (χ2v) is 5.65. The lowest BCUT2D eigenvalue weighted by Crippen LogP contribution is -2.19. The van der Waals surface area contributed by atoms with Gasteiger partial charge in [-0.3, -0.25) is 4.79 Å². The number of ether oxygens (including phenoxy) is 3. The molecule has 1 rings (SSSR count). The Bertz CT molecular complexity index is 465. The minimum atomic E-state index is -0.509. The summed E-state index contributed by atoms with van der Waals surface area (Å²) in [6.45, 7) is 4.77. The standard InChI is InChI=1S/C16H22Cl2O4/c1-3-4-9-20-12(2)22-16(19)6-5-10-21-15-8-7-13(17)11-14(15)18/h7-8,11-12H,3-6,9-10H2,1-2H3. The first-order valence-corrected chi connectivity index (χ1v) is 8.17. The third-order valence-electron chi connectivity index (χ3n) is 2.82. The zero-order chi connectivity index (χ0) is 16.4. The van der Waals surface area contributed by atoms with Crippen LogP contribution < -0.4 is 4.74 Å². The van der Waals surface area contributed by atoms with Crippen LogP contribution in [-0.4, -0.2) is 25.5 Å². The predicted molar refractivity (Wildman–Crippen MR) is 87.6 cm³/mol. The van der Waals surface area contributed by atoms with E-state index in [0.29, 0.717) is 35.4 Å². The summed E-state index contributed by atoms with van der Waals surface area (Å²) in [5.41, 5.74) is 0. The topological polar surface area (TPSA) is 44.8 Å². The van der Waals surface area contributed by atoms with Crippen LogP contribution in [0.15, 0.2) is 18.2 Å². The van der Waals surface area contributed by atoms with E-state index in [1.807, 2.05) is 0 Å². The van der Waals surface area contributed by atoms with Gasteiger partial charge in [-0.1, -0.05) is 36.5 Å². The molecule has 0 saturated carbocycles. The van der Waals surface area contributed by atoms with Crippen molar-refractivity contribution < 1.29 is 19.0 Å². The zero-order valence-electron chi connectivity index (χ0n) is 12.9. The monoisotopic (exact) mass is 348 g/mol. The number of carbonyl (C=O) groups excluding carboxylic acids is 1. The van der Waals surface area contributed by atoms with Crippen molar-refractivity contribution in [1.82, 2.24) is 0 Å². The molecule has 0 spiro atoms. The van der Waals surface area contributed by atoms with Gasteiger partial charge < -0.3 is 14.2 Å². The van der Waals surface area contributed by atoms with Crippen molar-refractivity contribution in [3.8, 4) is 5.75 Å². The van der Waals surface area contributed by atoms with Gasteiger partial charge in [0.05, 0.1) is 18.2 Å². The SMILES string of the molecule is CCCCOC(C)OC(=O)CCCOc1ccc(Cl)cc1Cl. The number of unbranched alkanes of at least 4 members (excludes halogenated alkanes) is 1. The van der Waals surface area contributed by atoms with Gasteiger partial charge in [0.1, 0.15) is 5.75 Å². The van der Waals surface area contributed by atoms with Crippen molar-refractivity contribution in [3.05, 3.63) is 28.2 Å². The van der Waals surface area contributed by atoms with Crippen molar-refractivity contribution in [2.75, 3.05) is 13.2 Å². The summed E-state index contributed by atoms with van der Waals surface area (Å²) in [6.07, 6.45) is 2.31. The van der Waals surface area contributed by atoms with E-state index in [9.17, 15) is 4.79 Å². The van der Waals surface area contributed by atoms with Gasteiger partial charge in [-0.15, -0.1) is 0 Å². The molecule has 22 heavy (non-hydrogen) atoms. The second-order valence-electron chi connectivity index (χ2n) is 4.81. The predicted octanol–water partition coefficient (Wildman–Crippen LogP) is 4.86. The van der Waals surface area contributed by atoms with E-state index in [2.05, 4.69) is 6.92 Å². The van der Waals surface area contributed by atoms with E-state index in [-0.39, 0.29) is 12.4 Å². The largest absolute Gasteiger partial charge is 0.492 e. The normalized spacial score (nSPS) is 12.0. The van der Waals surface area contributed by atoms with E-state index >= 15 is 0 Å². The highest BCUT2D eigenvalue weighted by Crippen LogP contribution is 2.27. The molecule has 0 aliphatic heterocycles. The number of halogens is 2. The van der Waals surface area contributed by atoms with Crippen molar-refractivity contribution >= 4 is 29.2 Å². The van der Waals surface area contributed by atoms with Crippen molar-refractivity contribution in [2.45, 2.75) is 45.8 Å². The second kappa shape index (κ2) is 10.7. The van der Waals surface area contributed by atoms with E-state index in [1.54, 1.807) is 25.1 Å².